The lowest BCUT2D eigenvalue weighted by Gasteiger charge is -2.12. The van der Waals surface area contributed by atoms with Gasteiger partial charge in [-0.15, -0.1) is 0 Å². The third-order valence-corrected chi connectivity index (χ3v) is 3.80. The van der Waals surface area contributed by atoms with Gasteiger partial charge in [0.2, 0.25) is 0 Å². The van der Waals surface area contributed by atoms with Crippen molar-refractivity contribution in [1.82, 2.24) is 0 Å². The van der Waals surface area contributed by atoms with Crippen LogP contribution in [0.1, 0.15) is 44.8 Å². The van der Waals surface area contributed by atoms with Gasteiger partial charge in [-0.25, -0.2) is 0 Å². The summed E-state index contributed by atoms with van der Waals surface area (Å²) >= 11 is 9.27. The minimum absolute atomic E-state index is 0.382. The topological polar surface area (TPSA) is 20.2 Å². The van der Waals surface area contributed by atoms with Gasteiger partial charge in [-0.2, -0.15) is 0 Å². The minimum Gasteiger partial charge on any atom is -0.388 e. The molecule has 16 heavy (non-hydrogen) atoms. The molecule has 1 aromatic rings. The maximum Gasteiger partial charge on any atom is 0.0790 e. The van der Waals surface area contributed by atoms with Crippen LogP contribution in [0.4, 0.5) is 0 Å². The largest absolute Gasteiger partial charge is 0.388 e. The summed E-state index contributed by atoms with van der Waals surface area (Å²) < 4.78 is 0.842. The summed E-state index contributed by atoms with van der Waals surface area (Å²) in [6, 6.07) is 5.59. The van der Waals surface area contributed by atoms with Crippen LogP contribution >= 0.6 is 27.5 Å². The van der Waals surface area contributed by atoms with E-state index in [9.17, 15) is 5.11 Å². The van der Waals surface area contributed by atoms with Gasteiger partial charge >= 0.3 is 0 Å². The Bertz CT molecular complexity index is 339. The summed E-state index contributed by atoms with van der Waals surface area (Å²) in [4.78, 5) is 0. The average Bonchev–Trinajstić information content (AvgIpc) is 2.21. The van der Waals surface area contributed by atoms with Gasteiger partial charge < -0.3 is 5.11 Å². The summed E-state index contributed by atoms with van der Waals surface area (Å²) in [5.74, 6) is 0.698. The van der Waals surface area contributed by atoms with Gasteiger partial charge in [0, 0.05) is 4.47 Å². The molecule has 0 bridgehead atoms. The van der Waals surface area contributed by atoms with Gasteiger partial charge in [-0.1, -0.05) is 44.4 Å². The van der Waals surface area contributed by atoms with Crippen molar-refractivity contribution in [1.29, 1.82) is 0 Å². The van der Waals surface area contributed by atoms with Crippen molar-refractivity contribution in [2.24, 2.45) is 5.92 Å². The zero-order chi connectivity index (χ0) is 12.1. The van der Waals surface area contributed by atoms with Crippen molar-refractivity contribution >= 4 is 27.5 Å². The summed E-state index contributed by atoms with van der Waals surface area (Å²) in [6.45, 7) is 4.40. The number of halogens is 2. The van der Waals surface area contributed by atoms with Crippen molar-refractivity contribution in [2.45, 2.75) is 39.2 Å². The fraction of sp³-hybridized carbons (Fsp3) is 0.538. The third kappa shape index (κ3) is 4.44. The Morgan fingerprint density at radius 3 is 2.56 bits per heavy atom. The number of hydrogen-bond acceptors (Lipinski definition) is 1. The molecule has 0 spiro atoms. The second-order valence-electron chi connectivity index (χ2n) is 4.51. The summed E-state index contributed by atoms with van der Waals surface area (Å²) in [5.41, 5.74) is 0.931. The first-order chi connectivity index (χ1) is 7.50. The van der Waals surface area contributed by atoms with Crippen LogP contribution in [0.25, 0.3) is 0 Å². The predicted octanol–water partition coefficient (Wildman–Crippen LogP) is 4.96. The van der Waals surface area contributed by atoms with Crippen LogP contribution in [0.5, 0.6) is 0 Å². The zero-order valence-electron chi connectivity index (χ0n) is 9.71. The molecule has 1 N–H and O–H groups in total. The first-order valence-electron chi connectivity index (χ1n) is 5.63. The maximum atomic E-state index is 9.98. The molecule has 1 rings (SSSR count). The SMILES string of the molecule is CC(C)CCCC(O)c1ccc(Cl)c(Br)c1. The lowest BCUT2D eigenvalue weighted by atomic mass is 10.0. The number of benzene rings is 1. The van der Waals surface area contributed by atoms with E-state index in [1.807, 2.05) is 18.2 Å². The Hall–Kier alpha value is -0.0500. The highest BCUT2D eigenvalue weighted by atomic mass is 79.9. The lowest BCUT2D eigenvalue weighted by Crippen LogP contribution is -1.98. The normalized spacial score (nSPS) is 13.1. The highest BCUT2D eigenvalue weighted by Gasteiger charge is 2.09. The van der Waals surface area contributed by atoms with Gasteiger partial charge in [0.15, 0.2) is 0 Å². The van der Waals surface area contributed by atoms with Crippen LogP contribution in [0.2, 0.25) is 5.02 Å². The second kappa shape index (κ2) is 6.63. The Kier molecular flexibility index (Phi) is 5.81. The average molecular weight is 306 g/mol. The van der Waals surface area contributed by atoms with Gasteiger partial charge in [-0.05, 0) is 46.0 Å². The zero-order valence-corrected chi connectivity index (χ0v) is 12.1. The lowest BCUT2D eigenvalue weighted by molar-refractivity contribution is 0.162. The molecular weight excluding hydrogens is 287 g/mol. The highest BCUT2D eigenvalue weighted by Crippen LogP contribution is 2.28. The van der Waals surface area contributed by atoms with Crippen LogP contribution in [0.3, 0.4) is 0 Å². The van der Waals surface area contributed by atoms with Crippen LogP contribution in [0.15, 0.2) is 22.7 Å². The van der Waals surface area contributed by atoms with E-state index in [1.54, 1.807) is 0 Å². The van der Waals surface area contributed by atoms with Crippen molar-refractivity contribution in [3.63, 3.8) is 0 Å². The van der Waals surface area contributed by atoms with Crippen LogP contribution < -0.4 is 0 Å². The molecule has 1 aromatic carbocycles. The first-order valence-corrected chi connectivity index (χ1v) is 6.81. The molecule has 0 saturated carbocycles. The third-order valence-electron chi connectivity index (χ3n) is 2.59. The molecule has 1 unspecified atom stereocenters. The Morgan fingerprint density at radius 2 is 2.00 bits per heavy atom. The Morgan fingerprint density at radius 1 is 1.31 bits per heavy atom. The standard InChI is InChI=1S/C13H18BrClO/c1-9(2)4-3-5-13(16)10-6-7-12(15)11(14)8-10/h6-9,13,16H,3-5H2,1-2H3. The smallest absolute Gasteiger partial charge is 0.0790 e. The summed E-state index contributed by atoms with van der Waals surface area (Å²) in [5, 5.41) is 10.7. The van der Waals surface area contributed by atoms with E-state index in [-0.39, 0.29) is 6.10 Å². The molecule has 0 aliphatic heterocycles. The Labute approximate surface area is 111 Å². The van der Waals surface area contributed by atoms with Crippen molar-refractivity contribution < 1.29 is 5.11 Å². The maximum absolute atomic E-state index is 9.98. The quantitative estimate of drug-likeness (QED) is 0.815. The van der Waals surface area contributed by atoms with Crippen molar-refractivity contribution in [3.8, 4) is 0 Å². The predicted molar refractivity (Wildman–Crippen MR) is 72.8 cm³/mol. The molecule has 0 radical (unpaired) electrons. The van der Waals surface area contributed by atoms with E-state index >= 15 is 0 Å². The van der Waals surface area contributed by atoms with E-state index in [4.69, 9.17) is 11.6 Å². The molecule has 0 heterocycles. The van der Waals surface area contributed by atoms with Crippen LogP contribution in [-0.4, -0.2) is 5.11 Å². The molecule has 1 atom stereocenters. The van der Waals surface area contributed by atoms with E-state index in [0.29, 0.717) is 10.9 Å². The number of aliphatic hydroxyl groups excluding tert-OH is 1. The van der Waals surface area contributed by atoms with E-state index in [2.05, 4.69) is 29.8 Å². The fourth-order valence-corrected chi connectivity index (χ4v) is 2.12. The van der Waals surface area contributed by atoms with E-state index in [0.717, 1.165) is 29.3 Å². The minimum atomic E-state index is -0.382. The van der Waals surface area contributed by atoms with Gasteiger partial charge in [0.25, 0.3) is 0 Å². The molecule has 3 heteroatoms. The molecule has 0 aliphatic rings. The first kappa shape index (κ1) is 14.0. The van der Waals surface area contributed by atoms with Gasteiger partial charge in [0.05, 0.1) is 11.1 Å². The molecule has 90 valence electrons. The highest BCUT2D eigenvalue weighted by molar-refractivity contribution is 9.10. The van der Waals surface area contributed by atoms with E-state index in [1.165, 1.54) is 0 Å². The second-order valence-corrected chi connectivity index (χ2v) is 5.78. The van der Waals surface area contributed by atoms with Crippen LogP contribution in [0, 0.1) is 5.92 Å². The molecule has 0 saturated heterocycles. The monoisotopic (exact) mass is 304 g/mol. The van der Waals surface area contributed by atoms with Gasteiger partial charge in [-0.3, -0.25) is 0 Å². The molecule has 1 nitrogen and oxygen atoms in total. The molecular formula is C13H18BrClO. The molecule has 0 amide bonds. The number of hydrogen-bond donors (Lipinski definition) is 1. The Balaban J connectivity index is 2.52. The summed E-state index contributed by atoms with van der Waals surface area (Å²) in [6.07, 6.45) is 2.64. The molecule has 0 fully saturated rings. The van der Waals surface area contributed by atoms with Crippen molar-refractivity contribution in [2.75, 3.05) is 0 Å². The number of rotatable bonds is 5. The molecule has 0 aliphatic carbocycles. The summed E-state index contributed by atoms with van der Waals surface area (Å²) in [7, 11) is 0. The fourth-order valence-electron chi connectivity index (χ4n) is 1.61. The van der Waals surface area contributed by atoms with E-state index < -0.39 is 0 Å². The number of aliphatic hydroxyl groups is 1. The van der Waals surface area contributed by atoms with Gasteiger partial charge in [0.1, 0.15) is 0 Å². The van der Waals surface area contributed by atoms with Crippen molar-refractivity contribution in [3.05, 3.63) is 33.3 Å². The molecule has 0 aromatic heterocycles. The van der Waals surface area contributed by atoms with Crippen LogP contribution in [-0.2, 0) is 0 Å².